The molecule has 2 unspecified atom stereocenters. The van der Waals surface area contributed by atoms with Crippen molar-refractivity contribution in [1.82, 2.24) is 5.32 Å². The number of rotatable bonds is 4. The van der Waals surface area contributed by atoms with Gasteiger partial charge in [0.2, 0.25) is 0 Å². The van der Waals surface area contributed by atoms with Gasteiger partial charge in [0, 0.05) is 0 Å². The molecule has 96 valence electrons. The Morgan fingerprint density at radius 2 is 2.44 bits per heavy atom. The molecule has 1 saturated heterocycles. The first kappa shape index (κ1) is 12.1. The van der Waals surface area contributed by atoms with Crippen LogP contribution in [0, 0.1) is 0 Å². The SMILES string of the molecule is CC(CC1CCCN1)Nc1cccc2c1N=[Se]=N2. The Balaban J connectivity index is 1.66. The molecule has 0 aliphatic carbocycles. The number of fused-ring (bicyclic) bond motifs is 1. The van der Waals surface area contributed by atoms with Gasteiger partial charge >= 0.3 is 113 Å². The molecule has 3 rings (SSSR count). The molecule has 0 aromatic heterocycles. The fourth-order valence-electron chi connectivity index (χ4n) is 2.63. The molecule has 0 amide bonds. The second-order valence-electron chi connectivity index (χ2n) is 5.01. The van der Waals surface area contributed by atoms with Crippen LogP contribution in [0.25, 0.3) is 0 Å². The zero-order chi connectivity index (χ0) is 12.4. The molecule has 0 bridgehead atoms. The van der Waals surface area contributed by atoms with Crippen molar-refractivity contribution < 1.29 is 0 Å². The van der Waals surface area contributed by atoms with Gasteiger partial charge in [-0.3, -0.25) is 0 Å². The molecule has 0 spiro atoms. The molecular formula is C13H18N4Se. The molecule has 5 heteroatoms. The molecule has 1 aromatic rings. The topological polar surface area (TPSA) is 48.8 Å². The van der Waals surface area contributed by atoms with E-state index in [1.54, 1.807) is 0 Å². The standard InChI is InChI=1S/C13H18N4Se/c1-9(8-10-4-3-7-14-10)15-11-5-2-6-12-13(11)17-18-16-12/h2,5-6,9-10,14-15H,3-4,7-8H2,1H3. The average Bonchev–Trinajstić information content (AvgIpc) is 2.99. The summed E-state index contributed by atoms with van der Waals surface area (Å²) in [7, 11) is 0. The Kier molecular flexibility index (Phi) is 3.64. The van der Waals surface area contributed by atoms with Gasteiger partial charge in [0.15, 0.2) is 0 Å². The van der Waals surface area contributed by atoms with Gasteiger partial charge in [-0.15, -0.1) is 0 Å². The Labute approximate surface area is 113 Å². The number of hydrogen-bond acceptors (Lipinski definition) is 4. The molecule has 2 aliphatic rings. The molecule has 2 aliphatic heterocycles. The predicted molar refractivity (Wildman–Crippen MR) is 75.1 cm³/mol. The van der Waals surface area contributed by atoms with Crippen LogP contribution in [0.3, 0.4) is 0 Å². The zero-order valence-corrected chi connectivity index (χ0v) is 12.2. The summed E-state index contributed by atoms with van der Waals surface area (Å²) in [5.74, 6) is 0. The quantitative estimate of drug-likeness (QED) is 0.853. The van der Waals surface area contributed by atoms with E-state index in [1.807, 2.05) is 6.07 Å². The summed E-state index contributed by atoms with van der Waals surface area (Å²) in [6, 6.07) is 7.35. The first-order chi connectivity index (χ1) is 8.83. The Morgan fingerprint density at radius 1 is 1.50 bits per heavy atom. The van der Waals surface area contributed by atoms with Gasteiger partial charge in [0.1, 0.15) is 0 Å². The van der Waals surface area contributed by atoms with Crippen LogP contribution in [0.4, 0.5) is 17.1 Å². The van der Waals surface area contributed by atoms with E-state index in [9.17, 15) is 0 Å². The third kappa shape index (κ3) is 2.58. The molecule has 0 radical (unpaired) electrons. The van der Waals surface area contributed by atoms with Crippen molar-refractivity contribution in [3.8, 4) is 0 Å². The molecular weight excluding hydrogens is 291 g/mol. The van der Waals surface area contributed by atoms with Crippen LogP contribution in [0.2, 0.25) is 0 Å². The van der Waals surface area contributed by atoms with Crippen molar-refractivity contribution in [2.75, 3.05) is 11.9 Å². The van der Waals surface area contributed by atoms with Crippen molar-refractivity contribution in [2.24, 2.45) is 7.92 Å². The van der Waals surface area contributed by atoms with Gasteiger partial charge in [0.05, 0.1) is 0 Å². The average molecular weight is 309 g/mol. The Hall–Kier alpha value is -0.901. The van der Waals surface area contributed by atoms with E-state index in [-0.39, 0.29) is 14.6 Å². The molecule has 0 saturated carbocycles. The summed E-state index contributed by atoms with van der Waals surface area (Å²) >= 11 is 0.0519. The molecule has 2 heterocycles. The van der Waals surface area contributed by atoms with Crippen LogP contribution in [0.1, 0.15) is 26.2 Å². The maximum absolute atomic E-state index is 4.50. The summed E-state index contributed by atoms with van der Waals surface area (Å²) in [6.07, 6.45) is 3.79. The number of benzene rings is 1. The molecule has 18 heavy (non-hydrogen) atoms. The van der Waals surface area contributed by atoms with E-state index < -0.39 is 0 Å². The number of anilines is 1. The van der Waals surface area contributed by atoms with E-state index in [4.69, 9.17) is 0 Å². The fraction of sp³-hybridized carbons (Fsp3) is 0.538. The number of nitrogens with zero attached hydrogens (tertiary/aromatic N) is 2. The Bertz CT molecular complexity index is 502. The summed E-state index contributed by atoms with van der Waals surface area (Å²) in [5.41, 5.74) is 3.25. The summed E-state index contributed by atoms with van der Waals surface area (Å²) in [5, 5.41) is 7.13. The fourth-order valence-corrected chi connectivity index (χ4v) is 3.78. The van der Waals surface area contributed by atoms with Gasteiger partial charge in [-0.25, -0.2) is 0 Å². The zero-order valence-electron chi connectivity index (χ0n) is 10.5. The second-order valence-corrected chi connectivity index (χ2v) is 6.12. The van der Waals surface area contributed by atoms with E-state index in [0.717, 1.165) is 17.1 Å². The normalized spacial score (nSPS) is 22.6. The molecule has 4 nitrogen and oxygen atoms in total. The van der Waals surface area contributed by atoms with E-state index in [1.165, 1.54) is 25.8 Å². The minimum absolute atomic E-state index is 0.0519. The van der Waals surface area contributed by atoms with Crippen LogP contribution in [-0.2, 0) is 0 Å². The van der Waals surface area contributed by atoms with Crippen molar-refractivity contribution in [2.45, 2.75) is 38.3 Å². The van der Waals surface area contributed by atoms with E-state index >= 15 is 0 Å². The van der Waals surface area contributed by atoms with Gasteiger partial charge in [-0.2, -0.15) is 0 Å². The van der Waals surface area contributed by atoms with Crippen LogP contribution in [0.15, 0.2) is 26.1 Å². The number of nitrogens with one attached hydrogen (secondary N) is 2. The van der Waals surface area contributed by atoms with Crippen molar-refractivity contribution >= 4 is 31.6 Å². The molecule has 2 N–H and O–H groups in total. The third-order valence-corrected chi connectivity index (χ3v) is 4.63. The Morgan fingerprint density at radius 3 is 3.28 bits per heavy atom. The predicted octanol–water partition coefficient (Wildman–Crippen LogP) is 2.98. The first-order valence-corrected chi connectivity index (χ1v) is 8.07. The number of hydrogen-bond donors (Lipinski definition) is 2. The van der Waals surface area contributed by atoms with Gasteiger partial charge in [0.25, 0.3) is 0 Å². The summed E-state index contributed by atoms with van der Waals surface area (Å²) in [4.78, 5) is 0. The summed E-state index contributed by atoms with van der Waals surface area (Å²) < 4.78 is 8.92. The minimum atomic E-state index is 0.0519. The van der Waals surface area contributed by atoms with Gasteiger partial charge in [-0.1, -0.05) is 0 Å². The van der Waals surface area contributed by atoms with Gasteiger partial charge in [-0.05, 0) is 0 Å². The maximum atomic E-state index is 4.50. The van der Waals surface area contributed by atoms with Crippen molar-refractivity contribution in [3.63, 3.8) is 0 Å². The molecule has 2 atom stereocenters. The van der Waals surface area contributed by atoms with E-state index in [2.05, 4.69) is 37.6 Å². The van der Waals surface area contributed by atoms with Crippen LogP contribution < -0.4 is 10.6 Å². The van der Waals surface area contributed by atoms with Crippen LogP contribution >= 0.6 is 0 Å². The van der Waals surface area contributed by atoms with Crippen molar-refractivity contribution in [3.05, 3.63) is 18.2 Å². The van der Waals surface area contributed by atoms with Crippen LogP contribution in [0.5, 0.6) is 0 Å². The van der Waals surface area contributed by atoms with E-state index in [0.29, 0.717) is 12.1 Å². The molecule has 1 aromatic carbocycles. The molecule has 1 fully saturated rings. The first-order valence-electron chi connectivity index (χ1n) is 6.54. The third-order valence-electron chi connectivity index (χ3n) is 3.49. The summed E-state index contributed by atoms with van der Waals surface area (Å²) in [6.45, 7) is 3.42. The van der Waals surface area contributed by atoms with Gasteiger partial charge < -0.3 is 0 Å². The second kappa shape index (κ2) is 5.39. The monoisotopic (exact) mass is 310 g/mol. The van der Waals surface area contributed by atoms with Crippen LogP contribution in [-0.4, -0.2) is 33.2 Å². The van der Waals surface area contributed by atoms with Crippen molar-refractivity contribution in [1.29, 1.82) is 0 Å².